The van der Waals surface area contributed by atoms with Gasteiger partial charge in [0.15, 0.2) is 0 Å². The Kier molecular flexibility index (Phi) is 6.79. The van der Waals surface area contributed by atoms with Crippen LogP contribution in [0, 0.1) is 0 Å². The second kappa shape index (κ2) is 8.83. The van der Waals surface area contributed by atoms with Crippen LogP contribution in [0.1, 0.15) is 47.1 Å². The lowest BCUT2D eigenvalue weighted by molar-refractivity contribution is 0.0941. The van der Waals surface area contributed by atoms with Gasteiger partial charge in [-0.25, -0.2) is 0 Å². The highest BCUT2D eigenvalue weighted by molar-refractivity contribution is 6.34. The number of halogens is 2. The molecule has 1 aromatic carbocycles. The molecule has 0 saturated heterocycles. The Hall–Kier alpha value is -1.88. The lowest BCUT2D eigenvalue weighted by Crippen LogP contribution is -2.25. The van der Waals surface area contributed by atoms with Gasteiger partial charge < -0.3 is 5.32 Å². The minimum absolute atomic E-state index is 0.235. The van der Waals surface area contributed by atoms with Crippen LogP contribution in [0.15, 0.2) is 24.3 Å². The molecular formula is C18H23ClFN3O. The molecule has 1 heterocycles. The van der Waals surface area contributed by atoms with Gasteiger partial charge in [-0.1, -0.05) is 42.8 Å². The Morgan fingerprint density at radius 2 is 1.92 bits per heavy atom. The van der Waals surface area contributed by atoms with Crippen molar-refractivity contribution in [3.05, 3.63) is 51.8 Å². The molecule has 4 nitrogen and oxygen atoms in total. The average Bonchev–Trinajstić information content (AvgIpc) is 2.88. The van der Waals surface area contributed by atoms with E-state index in [-0.39, 0.29) is 12.6 Å². The normalized spacial score (nSPS) is 10.8. The van der Waals surface area contributed by atoms with Crippen molar-refractivity contribution in [2.45, 2.75) is 39.2 Å². The smallest absolute Gasteiger partial charge is 0.271 e. The average molecular weight is 351 g/mol. The van der Waals surface area contributed by atoms with E-state index in [1.54, 1.807) is 7.05 Å². The van der Waals surface area contributed by atoms with Crippen LogP contribution in [0.2, 0.25) is 5.02 Å². The molecule has 130 valence electrons. The van der Waals surface area contributed by atoms with Crippen molar-refractivity contribution in [2.75, 3.05) is 6.67 Å². The van der Waals surface area contributed by atoms with Crippen LogP contribution in [0.25, 0.3) is 0 Å². The molecule has 0 aliphatic carbocycles. The number of hydrogen-bond acceptors (Lipinski definition) is 2. The zero-order valence-electron chi connectivity index (χ0n) is 14.1. The van der Waals surface area contributed by atoms with Gasteiger partial charge in [0.05, 0.1) is 17.4 Å². The maximum Gasteiger partial charge on any atom is 0.271 e. The molecule has 6 heteroatoms. The predicted octanol–water partition coefficient (Wildman–Crippen LogP) is 3.86. The van der Waals surface area contributed by atoms with Crippen LogP contribution in [-0.4, -0.2) is 22.4 Å². The summed E-state index contributed by atoms with van der Waals surface area (Å²) in [5, 5.41) is 7.54. The van der Waals surface area contributed by atoms with Gasteiger partial charge in [-0.2, -0.15) is 5.10 Å². The van der Waals surface area contributed by atoms with Gasteiger partial charge in [-0.05, 0) is 36.8 Å². The summed E-state index contributed by atoms with van der Waals surface area (Å²) in [6.07, 6.45) is 3.01. The number of alkyl halides is 1. The van der Waals surface area contributed by atoms with Crippen LogP contribution < -0.4 is 5.32 Å². The third kappa shape index (κ3) is 4.57. The van der Waals surface area contributed by atoms with E-state index >= 15 is 0 Å². The molecule has 0 aliphatic rings. The predicted molar refractivity (Wildman–Crippen MR) is 94.1 cm³/mol. The molecule has 0 bridgehead atoms. The lowest BCUT2D eigenvalue weighted by atomic mass is 10.1. The second-order valence-corrected chi connectivity index (χ2v) is 6.11. The topological polar surface area (TPSA) is 46.9 Å². The summed E-state index contributed by atoms with van der Waals surface area (Å²) >= 11 is 6.22. The van der Waals surface area contributed by atoms with Crippen molar-refractivity contribution < 1.29 is 9.18 Å². The summed E-state index contributed by atoms with van der Waals surface area (Å²) in [5.41, 5.74) is 3.30. The number of amides is 1. The fourth-order valence-corrected chi connectivity index (χ4v) is 2.92. The summed E-state index contributed by atoms with van der Waals surface area (Å²) in [6, 6.07) is 8.00. The van der Waals surface area contributed by atoms with Gasteiger partial charge >= 0.3 is 0 Å². The van der Waals surface area contributed by atoms with Crippen molar-refractivity contribution in [1.82, 2.24) is 15.1 Å². The molecule has 0 saturated carbocycles. The van der Waals surface area contributed by atoms with E-state index < -0.39 is 0 Å². The molecule has 0 radical (unpaired) electrons. The maximum absolute atomic E-state index is 12.3. The molecule has 1 amide bonds. The van der Waals surface area contributed by atoms with Crippen LogP contribution in [-0.2, 0) is 26.4 Å². The number of hydrogen-bond donors (Lipinski definition) is 1. The maximum atomic E-state index is 12.3. The standard InChI is InChI=1S/C18H23ClFN3O/c1-3-15-16(19)17(23(2)22-15)18(24)21-12-14-9-7-13(8-10-14)6-4-5-11-20/h7-10H,3-6,11-12H2,1-2H3,(H,21,24)/i20-1. The molecule has 0 unspecified atom stereocenters. The van der Waals surface area contributed by atoms with Crippen LogP contribution in [0.3, 0.4) is 0 Å². The molecule has 2 aromatic rings. The number of carbonyl (C=O) groups is 1. The molecule has 24 heavy (non-hydrogen) atoms. The van der Waals surface area contributed by atoms with Crippen molar-refractivity contribution in [2.24, 2.45) is 7.05 Å². The number of nitrogens with zero attached hydrogens (tertiary/aromatic N) is 2. The largest absolute Gasteiger partial charge is 0.347 e. The van der Waals surface area contributed by atoms with Gasteiger partial charge in [0.25, 0.3) is 5.91 Å². The Morgan fingerprint density at radius 3 is 2.50 bits per heavy atom. The Labute approximate surface area is 147 Å². The molecule has 2 rings (SSSR count). The van der Waals surface area contributed by atoms with E-state index in [1.165, 1.54) is 10.2 Å². The summed E-state index contributed by atoms with van der Waals surface area (Å²) in [5.74, 6) is -0.235. The highest BCUT2D eigenvalue weighted by Crippen LogP contribution is 2.20. The molecule has 1 N–H and O–H groups in total. The Balaban J connectivity index is 1.93. The van der Waals surface area contributed by atoms with E-state index in [0.29, 0.717) is 30.1 Å². The first-order valence-electron chi connectivity index (χ1n) is 8.20. The molecule has 0 aliphatic heterocycles. The van der Waals surface area contributed by atoms with E-state index in [2.05, 4.69) is 10.4 Å². The number of aryl methyl sites for hydroxylation is 3. The summed E-state index contributed by atoms with van der Waals surface area (Å²) < 4.78 is 13.6. The number of aromatic nitrogens is 2. The molecule has 1 aromatic heterocycles. The third-order valence-electron chi connectivity index (χ3n) is 3.93. The number of unbranched alkanes of at least 4 members (excludes halogenated alkanes) is 1. The highest BCUT2D eigenvalue weighted by atomic mass is 35.5. The van der Waals surface area contributed by atoms with Gasteiger partial charge in [0.1, 0.15) is 5.69 Å². The first-order chi connectivity index (χ1) is 11.6. The van der Waals surface area contributed by atoms with E-state index in [0.717, 1.165) is 24.1 Å². The molecular weight excluding hydrogens is 328 g/mol. The lowest BCUT2D eigenvalue weighted by Gasteiger charge is -2.07. The molecule has 0 spiro atoms. The fourth-order valence-electron chi connectivity index (χ4n) is 2.54. The van der Waals surface area contributed by atoms with Gasteiger partial charge in [0.2, 0.25) is 0 Å². The Morgan fingerprint density at radius 1 is 1.25 bits per heavy atom. The number of nitrogens with one attached hydrogen (secondary N) is 1. The van der Waals surface area contributed by atoms with Crippen LogP contribution in [0.5, 0.6) is 0 Å². The molecule has 0 fully saturated rings. The van der Waals surface area contributed by atoms with Crippen molar-refractivity contribution in [3.63, 3.8) is 0 Å². The summed E-state index contributed by atoms with van der Waals surface area (Å²) in [6.45, 7) is 2.11. The minimum Gasteiger partial charge on any atom is -0.347 e. The second-order valence-electron chi connectivity index (χ2n) is 5.73. The molecule has 0 atom stereocenters. The van der Waals surface area contributed by atoms with Crippen molar-refractivity contribution >= 4 is 17.5 Å². The van der Waals surface area contributed by atoms with Gasteiger partial charge in [0, 0.05) is 13.6 Å². The minimum atomic E-state index is -0.263. The zero-order chi connectivity index (χ0) is 17.5. The first kappa shape index (κ1) is 18.5. The van der Waals surface area contributed by atoms with E-state index in [9.17, 15) is 9.18 Å². The van der Waals surface area contributed by atoms with Gasteiger partial charge in [-0.3, -0.25) is 13.9 Å². The number of rotatable bonds is 8. The van der Waals surface area contributed by atoms with E-state index in [1.807, 2.05) is 31.2 Å². The monoisotopic (exact) mass is 350 g/mol. The quantitative estimate of drug-likeness (QED) is 0.735. The number of benzene rings is 1. The first-order valence-corrected chi connectivity index (χ1v) is 8.58. The third-order valence-corrected chi connectivity index (χ3v) is 4.33. The fraction of sp³-hybridized carbons (Fsp3) is 0.444. The summed E-state index contributed by atoms with van der Waals surface area (Å²) in [4.78, 5) is 12.3. The SMILES string of the molecule is CCc1nn(C)c(C(=O)NCc2ccc(CCCC[18F])cc2)c1Cl. The van der Waals surface area contributed by atoms with Gasteiger partial charge in [-0.15, -0.1) is 0 Å². The van der Waals surface area contributed by atoms with Crippen molar-refractivity contribution in [3.8, 4) is 0 Å². The van der Waals surface area contributed by atoms with Crippen LogP contribution in [0.4, 0.5) is 4.39 Å². The van der Waals surface area contributed by atoms with Crippen LogP contribution >= 0.6 is 11.6 Å². The number of carbonyl (C=O) groups excluding carboxylic acids is 1. The Bertz CT molecular complexity index is 682. The summed E-state index contributed by atoms with van der Waals surface area (Å²) in [7, 11) is 1.71. The highest BCUT2D eigenvalue weighted by Gasteiger charge is 2.19. The van der Waals surface area contributed by atoms with E-state index in [4.69, 9.17) is 11.6 Å². The van der Waals surface area contributed by atoms with Crippen molar-refractivity contribution in [1.29, 1.82) is 0 Å². The zero-order valence-corrected chi connectivity index (χ0v) is 14.9.